The average Bonchev–Trinajstić information content (AvgIpc) is 2.41. The van der Waals surface area contributed by atoms with Gasteiger partial charge in [-0.25, -0.2) is 0 Å². The zero-order valence-electron chi connectivity index (χ0n) is 11.5. The van der Waals surface area contributed by atoms with Crippen molar-refractivity contribution in [1.29, 1.82) is 0 Å². The molecule has 120 valence electrons. The number of unbranched alkanes of at least 4 members (excludes halogenated alkanes) is 1. The molecule has 0 fully saturated rings. The Balaban J connectivity index is 0. The molecular formula is C11H26N4O5. The monoisotopic (exact) mass is 294 g/mol. The number of nitrogens with one attached hydrogen (secondary N) is 1. The van der Waals surface area contributed by atoms with Gasteiger partial charge in [0.05, 0.1) is 0 Å². The van der Waals surface area contributed by atoms with E-state index in [1.165, 1.54) is 0 Å². The third-order valence-electron chi connectivity index (χ3n) is 2.44. The number of hydrogen-bond acceptors (Lipinski definition) is 7. The number of carboxylic acids is 2. The maximum Gasteiger partial charge on any atom is 0.323 e. The van der Waals surface area contributed by atoms with Crippen LogP contribution in [0.15, 0.2) is 0 Å². The third-order valence-corrected chi connectivity index (χ3v) is 2.44. The van der Waals surface area contributed by atoms with Crippen LogP contribution in [-0.2, 0) is 9.59 Å². The van der Waals surface area contributed by atoms with E-state index in [2.05, 4.69) is 0 Å². The van der Waals surface area contributed by atoms with E-state index in [1.807, 2.05) is 0 Å². The van der Waals surface area contributed by atoms with E-state index in [-0.39, 0.29) is 0 Å². The van der Waals surface area contributed by atoms with Gasteiger partial charge in [0.25, 0.3) is 0 Å². The van der Waals surface area contributed by atoms with E-state index in [1.54, 1.807) is 5.48 Å². The van der Waals surface area contributed by atoms with Gasteiger partial charge < -0.3 is 32.6 Å². The van der Waals surface area contributed by atoms with Gasteiger partial charge in [0.1, 0.15) is 12.1 Å². The van der Waals surface area contributed by atoms with Crippen molar-refractivity contribution in [1.82, 2.24) is 5.48 Å². The Morgan fingerprint density at radius 2 is 1.50 bits per heavy atom. The lowest BCUT2D eigenvalue weighted by Crippen LogP contribution is -2.34. The van der Waals surface area contributed by atoms with Gasteiger partial charge in [-0.2, -0.15) is 5.48 Å². The van der Waals surface area contributed by atoms with Crippen molar-refractivity contribution in [3.63, 3.8) is 0 Å². The number of carbonyl (C=O) groups is 2. The Hall–Kier alpha value is -1.26. The zero-order chi connectivity index (χ0) is 16.0. The van der Waals surface area contributed by atoms with E-state index in [0.29, 0.717) is 38.8 Å². The summed E-state index contributed by atoms with van der Waals surface area (Å²) in [5.74, 6) is -1.99. The minimum Gasteiger partial charge on any atom is -0.480 e. The van der Waals surface area contributed by atoms with Crippen molar-refractivity contribution >= 4 is 11.9 Å². The third kappa shape index (κ3) is 13.2. The SMILES string of the molecule is NCCCC(N)C(=O)O.NCCCCC(NO)C(=O)O. The first-order valence-electron chi connectivity index (χ1n) is 6.41. The van der Waals surface area contributed by atoms with Gasteiger partial charge in [-0.05, 0) is 45.2 Å². The summed E-state index contributed by atoms with van der Waals surface area (Å²) in [7, 11) is 0. The van der Waals surface area contributed by atoms with Crippen molar-refractivity contribution in [2.75, 3.05) is 13.1 Å². The van der Waals surface area contributed by atoms with Gasteiger partial charge in [-0.3, -0.25) is 9.59 Å². The first-order chi connectivity index (χ1) is 9.40. The molecule has 0 aliphatic carbocycles. The fourth-order valence-electron chi connectivity index (χ4n) is 1.20. The number of rotatable bonds is 10. The highest BCUT2D eigenvalue weighted by molar-refractivity contribution is 5.73. The molecule has 9 heteroatoms. The number of hydrogen-bond donors (Lipinski definition) is 7. The summed E-state index contributed by atoms with van der Waals surface area (Å²) in [5, 5.41) is 25.0. The Bertz CT molecular complexity index is 265. The lowest BCUT2D eigenvalue weighted by molar-refractivity contribution is -0.142. The average molecular weight is 294 g/mol. The summed E-state index contributed by atoms with van der Waals surface area (Å²) < 4.78 is 0. The molecule has 0 heterocycles. The molecular weight excluding hydrogens is 268 g/mol. The molecule has 9 nitrogen and oxygen atoms in total. The summed E-state index contributed by atoms with van der Waals surface area (Å²) in [6.07, 6.45) is 3.04. The second kappa shape index (κ2) is 14.2. The van der Waals surface area contributed by atoms with Crippen LogP contribution in [0.25, 0.3) is 0 Å². The minimum atomic E-state index is -1.04. The molecule has 0 aliphatic rings. The predicted octanol–water partition coefficient (Wildman–Crippen LogP) is -1.32. The van der Waals surface area contributed by atoms with Crippen molar-refractivity contribution in [3.8, 4) is 0 Å². The molecule has 2 atom stereocenters. The van der Waals surface area contributed by atoms with E-state index in [0.717, 1.165) is 6.42 Å². The fraction of sp³-hybridized carbons (Fsp3) is 0.818. The smallest absolute Gasteiger partial charge is 0.323 e. The van der Waals surface area contributed by atoms with Crippen LogP contribution in [0.1, 0.15) is 32.1 Å². The van der Waals surface area contributed by atoms with Crippen molar-refractivity contribution in [2.24, 2.45) is 17.2 Å². The topological polar surface area (TPSA) is 185 Å². The lowest BCUT2D eigenvalue weighted by Gasteiger charge is -2.08. The van der Waals surface area contributed by atoms with Crippen LogP contribution < -0.4 is 22.7 Å². The van der Waals surface area contributed by atoms with Crippen molar-refractivity contribution in [2.45, 2.75) is 44.2 Å². The maximum absolute atomic E-state index is 10.3. The molecule has 0 aliphatic heterocycles. The molecule has 20 heavy (non-hydrogen) atoms. The van der Waals surface area contributed by atoms with Crippen LogP contribution in [-0.4, -0.2) is 52.5 Å². The summed E-state index contributed by atoms with van der Waals surface area (Å²) in [6.45, 7) is 1.05. The fourth-order valence-corrected chi connectivity index (χ4v) is 1.20. The highest BCUT2D eigenvalue weighted by Gasteiger charge is 2.14. The molecule has 0 rings (SSSR count). The van der Waals surface area contributed by atoms with Crippen LogP contribution in [0, 0.1) is 0 Å². The van der Waals surface area contributed by atoms with E-state index in [9.17, 15) is 9.59 Å². The molecule has 0 amide bonds. The number of carboxylic acid groups (broad SMARTS) is 2. The van der Waals surface area contributed by atoms with Crippen molar-refractivity contribution in [3.05, 3.63) is 0 Å². The van der Waals surface area contributed by atoms with E-state index in [4.69, 9.17) is 32.6 Å². The van der Waals surface area contributed by atoms with Crippen LogP contribution >= 0.6 is 0 Å². The van der Waals surface area contributed by atoms with Crippen LogP contribution in [0.3, 0.4) is 0 Å². The first-order valence-corrected chi connectivity index (χ1v) is 6.41. The Labute approximate surface area is 118 Å². The molecule has 0 radical (unpaired) electrons. The largest absolute Gasteiger partial charge is 0.480 e. The Morgan fingerprint density at radius 3 is 1.85 bits per heavy atom. The maximum atomic E-state index is 10.3. The van der Waals surface area contributed by atoms with Crippen LogP contribution in [0.5, 0.6) is 0 Å². The van der Waals surface area contributed by atoms with Gasteiger partial charge in [-0.1, -0.05) is 0 Å². The number of hydroxylamine groups is 1. The van der Waals surface area contributed by atoms with Gasteiger partial charge in [0.2, 0.25) is 0 Å². The Kier molecular flexibility index (Phi) is 14.9. The number of aliphatic carboxylic acids is 2. The zero-order valence-corrected chi connectivity index (χ0v) is 11.5. The molecule has 0 aromatic rings. The molecule has 0 bridgehead atoms. The molecule has 0 aromatic carbocycles. The molecule has 0 aromatic heterocycles. The van der Waals surface area contributed by atoms with Gasteiger partial charge in [0, 0.05) is 0 Å². The predicted molar refractivity (Wildman–Crippen MR) is 73.2 cm³/mol. The summed E-state index contributed by atoms with van der Waals surface area (Å²) in [4.78, 5) is 20.3. The highest BCUT2D eigenvalue weighted by Crippen LogP contribution is 1.99. The normalized spacial score (nSPS) is 13.0. The molecule has 0 saturated carbocycles. The van der Waals surface area contributed by atoms with Gasteiger partial charge in [0.15, 0.2) is 0 Å². The van der Waals surface area contributed by atoms with Gasteiger partial charge >= 0.3 is 11.9 Å². The lowest BCUT2D eigenvalue weighted by atomic mass is 10.1. The second-order valence-corrected chi connectivity index (χ2v) is 4.18. The first kappa shape index (κ1) is 21.0. The Morgan fingerprint density at radius 1 is 0.950 bits per heavy atom. The van der Waals surface area contributed by atoms with E-state index < -0.39 is 24.0 Å². The number of nitrogens with two attached hydrogens (primary N) is 3. The molecule has 2 unspecified atom stereocenters. The molecule has 0 spiro atoms. The van der Waals surface area contributed by atoms with E-state index >= 15 is 0 Å². The van der Waals surface area contributed by atoms with Crippen LogP contribution in [0.4, 0.5) is 0 Å². The quantitative estimate of drug-likeness (QED) is 0.189. The minimum absolute atomic E-state index is 0.406. The summed E-state index contributed by atoms with van der Waals surface area (Å²) in [6, 6.07) is -1.60. The highest BCUT2D eigenvalue weighted by atomic mass is 16.5. The molecule has 10 N–H and O–H groups in total. The summed E-state index contributed by atoms with van der Waals surface area (Å²) >= 11 is 0. The van der Waals surface area contributed by atoms with Crippen LogP contribution in [0.2, 0.25) is 0 Å². The van der Waals surface area contributed by atoms with Crippen molar-refractivity contribution < 1.29 is 25.0 Å². The van der Waals surface area contributed by atoms with Gasteiger partial charge in [-0.15, -0.1) is 0 Å². The second-order valence-electron chi connectivity index (χ2n) is 4.18. The molecule has 0 saturated heterocycles. The standard InChI is InChI=1S/C6H14N2O3.C5H12N2O2/c7-4-2-1-3-5(8-11)6(9)10;6-3-1-2-4(7)5(8)9/h5,8,11H,1-4,7H2,(H,9,10);4H,1-3,6-7H2,(H,8,9). The summed E-state index contributed by atoms with van der Waals surface area (Å²) in [5.41, 5.74) is 17.2.